The molecule has 1 rings (SSSR count). The van der Waals surface area contributed by atoms with E-state index in [1.165, 1.54) is 6.08 Å². The van der Waals surface area contributed by atoms with Gasteiger partial charge in [0.2, 0.25) is 0 Å². The van der Waals surface area contributed by atoms with Crippen LogP contribution in [-0.2, 0) is 9.53 Å². The highest BCUT2D eigenvalue weighted by atomic mass is 16.5. The standard InChI is InChI=1S/C9H12O3/c1-2-12-9(11)7-4-3-5-8(10)6-7/h3,5-6,8,10H,2,4H2,1H3. The Hall–Kier alpha value is -1.09. The molecule has 0 heterocycles. The molecule has 0 radical (unpaired) electrons. The first-order valence-electron chi connectivity index (χ1n) is 3.96. The monoisotopic (exact) mass is 168 g/mol. The summed E-state index contributed by atoms with van der Waals surface area (Å²) >= 11 is 0. The summed E-state index contributed by atoms with van der Waals surface area (Å²) in [6, 6.07) is 0. The predicted octanol–water partition coefficient (Wildman–Crippen LogP) is 0.797. The molecule has 1 atom stereocenters. The summed E-state index contributed by atoms with van der Waals surface area (Å²) < 4.78 is 4.78. The van der Waals surface area contributed by atoms with Gasteiger partial charge in [0.15, 0.2) is 0 Å². The van der Waals surface area contributed by atoms with Crippen LogP contribution in [0.3, 0.4) is 0 Å². The third-order valence-corrected chi connectivity index (χ3v) is 1.58. The van der Waals surface area contributed by atoms with E-state index < -0.39 is 6.10 Å². The maximum absolute atomic E-state index is 11.1. The van der Waals surface area contributed by atoms with Crippen molar-refractivity contribution in [3.8, 4) is 0 Å². The summed E-state index contributed by atoms with van der Waals surface area (Å²) in [7, 11) is 0. The largest absolute Gasteiger partial charge is 0.463 e. The Balaban J connectivity index is 2.57. The fourth-order valence-corrected chi connectivity index (χ4v) is 1.04. The van der Waals surface area contributed by atoms with E-state index in [1.54, 1.807) is 19.1 Å². The molecular weight excluding hydrogens is 156 g/mol. The summed E-state index contributed by atoms with van der Waals surface area (Å²) in [4.78, 5) is 11.1. The summed E-state index contributed by atoms with van der Waals surface area (Å²) in [6.45, 7) is 2.13. The SMILES string of the molecule is CCOC(=O)C1=CC(O)C=CC1. The van der Waals surface area contributed by atoms with Gasteiger partial charge in [-0.25, -0.2) is 4.79 Å². The van der Waals surface area contributed by atoms with E-state index in [1.807, 2.05) is 0 Å². The molecule has 0 amide bonds. The van der Waals surface area contributed by atoms with Crippen LogP contribution in [0.2, 0.25) is 0 Å². The van der Waals surface area contributed by atoms with Crippen LogP contribution < -0.4 is 0 Å². The van der Waals surface area contributed by atoms with Crippen molar-refractivity contribution in [1.29, 1.82) is 0 Å². The van der Waals surface area contributed by atoms with Crippen molar-refractivity contribution in [2.45, 2.75) is 19.4 Å². The highest BCUT2D eigenvalue weighted by Gasteiger charge is 2.13. The fourth-order valence-electron chi connectivity index (χ4n) is 1.04. The molecule has 1 N–H and O–H groups in total. The second-order valence-corrected chi connectivity index (χ2v) is 2.54. The minimum Gasteiger partial charge on any atom is -0.463 e. The normalized spacial score (nSPS) is 21.8. The molecule has 3 heteroatoms. The van der Waals surface area contributed by atoms with E-state index in [0.717, 1.165) is 0 Å². The van der Waals surface area contributed by atoms with Crippen LogP contribution in [-0.4, -0.2) is 23.8 Å². The maximum atomic E-state index is 11.1. The molecule has 0 fully saturated rings. The van der Waals surface area contributed by atoms with Gasteiger partial charge >= 0.3 is 5.97 Å². The van der Waals surface area contributed by atoms with Gasteiger partial charge in [0.05, 0.1) is 12.7 Å². The Morgan fingerprint density at radius 1 is 1.83 bits per heavy atom. The Morgan fingerprint density at radius 3 is 3.17 bits per heavy atom. The van der Waals surface area contributed by atoms with Crippen molar-refractivity contribution in [2.24, 2.45) is 0 Å². The fraction of sp³-hybridized carbons (Fsp3) is 0.444. The zero-order valence-electron chi connectivity index (χ0n) is 6.99. The summed E-state index contributed by atoms with van der Waals surface area (Å²) in [5.74, 6) is -0.332. The number of ether oxygens (including phenoxy) is 1. The van der Waals surface area contributed by atoms with Gasteiger partial charge in [-0.3, -0.25) is 0 Å². The second-order valence-electron chi connectivity index (χ2n) is 2.54. The number of hydrogen-bond acceptors (Lipinski definition) is 3. The smallest absolute Gasteiger partial charge is 0.334 e. The first kappa shape index (κ1) is 9.00. The lowest BCUT2D eigenvalue weighted by molar-refractivity contribution is -0.138. The van der Waals surface area contributed by atoms with Gasteiger partial charge in [0.1, 0.15) is 0 Å². The molecule has 1 aliphatic rings. The molecule has 0 spiro atoms. The quantitative estimate of drug-likeness (QED) is 0.490. The molecule has 0 aromatic carbocycles. The van der Waals surface area contributed by atoms with Crippen LogP contribution in [0.15, 0.2) is 23.8 Å². The molecule has 0 bridgehead atoms. The highest BCUT2D eigenvalue weighted by Crippen LogP contribution is 2.12. The minimum atomic E-state index is -0.641. The topological polar surface area (TPSA) is 46.5 Å². The van der Waals surface area contributed by atoms with E-state index in [-0.39, 0.29) is 5.97 Å². The van der Waals surface area contributed by atoms with Gasteiger partial charge in [-0.15, -0.1) is 0 Å². The number of carbonyl (C=O) groups is 1. The number of aliphatic hydroxyl groups excluding tert-OH is 1. The van der Waals surface area contributed by atoms with Crippen molar-refractivity contribution in [3.05, 3.63) is 23.8 Å². The maximum Gasteiger partial charge on any atom is 0.334 e. The predicted molar refractivity (Wildman–Crippen MR) is 44.5 cm³/mol. The van der Waals surface area contributed by atoms with Crippen molar-refractivity contribution in [3.63, 3.8) is 0 Å². The lowest BCUT2D eigenvalue weighted by atomic mass is 10.0. The number of hydrogen-bond donors (Lipinski definition) is 1. The molecule has 3 nitrogen and oxygen atoms in total. The highest BCUT2D eigenvalue weighted by molar-refractivity contribution is 5.89. The van der Waals surface area contributed by atoms with E-state index in [9.17, 15) is 4.79 Å². The van der Waals surface area contributed by atoms with Crippen molar-refractivity contribution in [1.82, 2.24) is 0 Å². The van der Waals surface area contributed by atoms with Crippen LogP contribution in [0, 0.1) is 0 Å². The molecular formula is C9H12O3. The Kier molecular flexibility index (Phi) is 3.05. The molecule has 0 aromatic heterocycles. The van der Waals surface area contributed by atoms with Crippen molar-refractivity contribution in [2.75, 3.05) is 6.61 Å². The van der Waals surface area contributed by atoms with Gasteiger partial charge in [-0.05, 0) is 19.4 Å². The average molecular weight is 168 g/mol. The van der Waals surface area contributed by atoms with Gasteiger partial charge in [0, 0.05) is 5.57 Å². The zero-order valence-corrected chi connectivity index (χ0v) is 6.99. The number of allylic oxidation sites excluding steroid dienone is 1. The first-order valence-corrected chi connectivity index (χ1v) is 3.96. The Bertz CT molecular complexity index is 228. The van der Waals surface area contributed by atoms with Crippen molar-refractivity contribution >= 4 is 5.97 Å². The average Bonchev–Trinajstić information content (AvgIpc) is 2.05. The Morgan fingerprint density at radius 2 is 2.58 bits per heavy atom. The molecule has 0 aromatic rings. The molecule has 0 aliphatic heterocycles. The molecule has 0 saturated carbocycles. The second kappa shape index (κ2) is 4.07. The van der Waals surface area contributed by atoms with Crippen LogP contribution in [0.4, 0.5) is 0 Å². The van der Waals surface area contributed by atoms with E-state index in [2.05, 4.69) is 0 Å². The van der Waals surface area contributed by atoms with Gasteiger partial charge in [-0.1, -0.05) is 12.2 Å². The van der Waals surface area contributed by atoms with E-state index in [0.29, 0.717) is 18.6 Å². The third-order valence-electron chi connectivity index (χ3n) is 1.58. The zero-order chi connectivity index (χ0) is 8.97. The Labute approximate surface area is 71.3 Å². The molecule has 66 valence electrons. The van der Waals surface area contributed by atoms with Gasteiger partial charge in [-0.2, -0.15) is 0 Å². The number of rotatable bonds is 2. The number of esters is 1. The van der Waals surface area contributed by atoms with E-state index in [4.69, 9.17) is 9.84 Å². The molecule has 1 unspecified atom stereocenters. The minimum absolute atomic E-state index is 0.332. The van der Waals surface area contributed by atoms with E-state index >= 15 is 0 Å². The van der Waals surface area contributed by atoms with Gasteiger partial charge < -0.3 is 9.84 Å². The summed E-state index contributed by atoms with van der Waals surface area (Å²) in [5, 5.41) is 9.13. The lowest BCUT2D eigenvalue weighted by Gasteiger charge is -2.10. The third kappa shape index (κ3) is 2.20. The molecule has 0 saturated heterocycles. The van der Waals surface area contributed by atoms with Crippen LogP contribution >= 0.6 is 0 Å². The van der Waals surface area contributed by atoms with Crippen LogP contribution in [0.25, 0.3) is 0 Å². The summed E-state index contributed by atoms with van der Waals surface area (Å²) in [6.07, 6.45) is 4.83. The number of aliphatic hydroxyl groups is 1. The lowest BCUT2D eigenvalue weighted by Crippen LogP contribution is -2.12. The van der Waals surface area contributed by atoms with Gasteiger partial charge in [0.25, 0.3) is 0 Å². The number of carbonyl (C=O) groups excluding carboxylic acids is 1. The summed E-state index contributed by atoms with van der Waals surface area (Å²) in [5.41, 5.74) is 0.534. The van der Waals surface area contributed by atoms with Crippen LogP contribution in [0.5, 0.6) is 0 Å². The first-order chi connectivity index (χ1) is 5.74. The van der Waals surface area contributed by atoms with Crippen molar-refractivity contribution < 1.29 is 14.6 Å². The van der Waals surface area contributed by atoms with Crippen LogP contribution in [0.1, 0.15) is 13.3 Å². The molecule has 1 aliphatic carbocycles. The molecule has 12 heavy (non-hydrogen) atoms.